The van der Waals surface area contributed by atoms with E-state index >= 15 is 0 Å². The quantitative estimate of drug-likeness (QED) is 0.342. The number of rotatable bonds is 1. The van der Waals surface area contributed by atoms with Gasteiger partial charge in [-0.25, -0.2) is 6.07 Å². The van der Waals surface area contributed by atoms with E-state index in [-0.39, 0.29) is 24.8 Å². The minimum atomic E-state index is 0. The first-order chi connectivity index (χ1) is 12.9. The third-order valence-electron chi connectivity index (χ3n) is 4.28. The van der Waals surface area contributed by atoms with Crippen LogP contribution in [0, 0.1) is 0 Å². The van der Waals surface area contributed by atoms with Crippen LogP contribution in [0.5, 0.6) is 0 Å². The molecule has 4 rings (SSSR count). The maximum atomic E-state index is 2.22. The average Bonchev–Trinajstić information content (AvgIpc) is 3.35. The van der Waals surface area contributed by atoms with Gasteiger partial charge >= 0.3 is 70.3 Å². The fraction of sp³-hybridized carbons (Fsp3) is 0.192. The van der Waals surface area contributed by atoms with Gasteiger partial charge in [-0.05, 0) is 0 Å². The molecule has 0 atom stereocenters. The largest absolute Gasteiger partial charge is 1.00 e. The summed E-state index contributed by atoms with van der Waals surface area (Å²) in [7, 11) is 0. The van der Waals surface area contributed by atoms with E-state index in [1.807, 2.05) is 6.07 Å². The number of fused-ring (bicyclic) bond motifs is 1. The predicted molar refractivity (Wildman–Crippen MR) is 117 cm³/mol. The SMILES string of the molecule is CC(C)(C)c1cc[cH-]c1.C[C](=[Zr+2])c1ccccc1.[Cl-].[Cl-].c1ccc2[cH-]ccc2c1. The zero-order valence-electron chi connectivity index (χ0n) is 17.5. The molecule has 0 aliphatic heterocycles. The fourth-order valence-electron chi connectivity index (χ4n) is 2.63. The second kappa shape index (κ2) is 13.9. The monoisotopic (exact) mass is 500 g/mol. The molecule has 0 saturated carbocycles. The molecular formula is C26H28Cl2Zr-2. The molecule has 0 radical (unpaired) electrons. The second-order valence-corrected chi connectivity index (χ2v) is 9.41. The van der Waals surface area contributed by atoms with E-state index in [1.165, 1.54) is 49.3 Å². The van der Waals surface area contributed by atoms with Crippen molar-refractivity contribution in [3.63, 3.8) is 0 Å². The molecule has 0 aliphatic rings. The first-order valence-corrected chi connectivity index (χ1v) is 10.5. The Morgan fingerprint density at radius 3 is 1.86 bits per heavy atom. The van der Waals surface area contributed by atoms with Gasteiger partial charge in [0.2, 0.25) is 0 Å². The van der Waals surface area contributed by atoms with Crippen LogP contribution in [-0.2, 0) is 29.7 Å². The molecule has 0 spiro atoms. The van der Waals surface area contributed by atoms with Gasteiger partial charge < -0.3 is 24.8 Å². The summed E-state index contributed by atoms with van der Waals surface area (Å²) in [6, 6.07) is 33.6. The van der Waals surface area contributed by atoms with Gasteiger partial charge in [-0.2, -0.15) is 41.3 Å². The minimum absolute atomic E-state index is 0. The Balaban J connectivity index is 0.000000392. The van der Waals surface area contributed by atoms with Crippen LogP contribution in [-0.4, -0.2) is 3.21 Å². The summed E-state index contributed by atoms with van der Waals surface area (Å²) in [5.41, 5.74) is 3.11. The van der Waals surface area contributed by atoms with E-state index in [0.717, 1.165) is 0 Å². The summed E-state index contributed by atoms with van der Waals surface area (Å²) in [5.74, 6) is 0. The van der Waals surface area contributed by atoms with Crippen molar-refractivity contribution in [1.29, 1.82) is 0 Å². The van der Waals surface area contributed by atoms with Gasteiger partial charge in [0.15, 0.2) is 0 Å². The normalized spacial score (nSPS) is 9.72. The molecule has 0 aliphatic carbocycles. The average molecular weight is 503 g/mol. The van der Waals surface area contributed by atoms with Crippen LogP contribution in [0.3, 0.4) is 0 Å². The number of hydrogen-bond donors (Lipinski definition) is 0. The summed E-state index contributed by atoms with van der Waals surface area (Å²) in [6.07, 6.45) is 0. The second-order valence-electron chi connectivity index (χ2n) is 7.57. The fourth-order valence-corrected chi connectivity index (χ4v) is 3.04. The molecule has 0 bridgehead atoms. The predicted octanol–water partition coefficient (Wildman–Crippen LogP) is 1.04. The van der Waals surface area contributed by atoms with Crippen LogP contribution >= 0.6 is 0 Å². The summed E-state index contributed by atoms with van der Waals surface area (Å²) in [5, 5.41) is 2.66. The third-order valence-corrected chi connectivity index (χ3v) is 4.99. The molecule has 0 unspecified atom stereocenters. The van der Waals surface area contributed by atoms with Crippen LogP contribution in [0.1, 0.15) is 38.8 Å². The topological polar surface area (TPSA) is 0 Å². The van der Waals surface area contributed by atoms with E-state index in [2.05, 4.69) is 119 Å². The molecule has 0 saturated heterocycles. The Morgan fingerprint density at radius 2 is 1.41 bits per heavy atom. The van der Waals surface area contributed by atoms with E-state index in [1.54, 1.807) is 0 Å². The molecule has 29 heavy (non-hydrogen) atoms. The number of halogens is 2. The van der Waals surface area contributed by atoms with Crippen molar-refractivity contribution in [3.05, 3.63) is 108 Å². The number of hydrogen-bond acceptors (Lipinski definition) is 0. The van der Waals surface area contributed by atoms with Gasteiger partial charge in [0.25, 0.3) is 0 Å². The molecule has 4 aromatic rings. The van der Waals surface area contributed by atoms with Gasteiger partial charge in [-0.1, -0.05) is 32.3 Å². The van der Waals surface area contributed by atoms with Crippen molar-refractivity contribution in [3.8, 4) is 0 Å². The molecular weight excluding hydrogens is 474 g/mol. The Bertz CT molecular complexity index is 899. The molecule has 0 amide bonds. The Kier molecular flexibility index (Phi) is 13.3. The van der Waals surface area contributed by atoms with Crippen molar-refractivity contribution in [2.75, 3.05) is 0 Å². The van der Waals surface area contributed by atoms with E-state index < -0.39 is 0 Å². The molecule has 152 valence electrons. The van der Waals surface area contributed by atoms with Crippen molar-refractivity contribution < 1.29 is 49.0 Å². The molecule has 0 N–H and O–H groups in total. The van der Waals surface area contributed by atoms with Gasteiger partial charge in [0, 0.05) is 0 Å². The smallest absolute Gasteiger partial charge is 0.0809 e. The Morgan fingerprint density at radius 1 is 0.793 bits per heavy atom. The molecule has 3 heteroatoms. The first-order valence-electron chi connectivity index (χ1n) is 9.31. The molecule has 0 aromatic heterocycles. The van der Waals surface area contributed by atoms with Gasteiger partial charge in [-0.15, -0.1) is 29.7 Å². The van der Waals surface area contributed by atoms with Crippen LogP contribution in [0.4, 0.5) is 0 Å². The standard InChI is InChI=1S/C9H7.C9H13.C8H8.2ClH.Zr/c1-2-5-9-7-3-6-8(9)4-1;1-9(2,3)8-6-4-5-7-8;1-2-8-6-4-3-5-7-8;;;/h1-7H;4-7H,1-3H3;3-7H,1H3;2*1H;/q2*-1;;;;+2/p-2. The Hall–Kier alpha value is -1.27. The van der Waals surface area contributed by atoms with Gasteiger partial charge in [0.1, 0.15) is 0 Å². The molecule has 0 fully saturated rings. The van der Waals surface area contributed by atoms with Crippen LogP contribution in [0.2, 0.25) is 0 Å². The van der Waals surface area contributed by atoms with Crippen molar-refractivity contribution in [2.45, 2.75) is 33.1 Å². The zero-order chi connectivity index (χ0) is 19.7. The van der Waals surface area contributed by atoms with Crippen molar-refractivity contribution in [2.24, 2.45) is 0 Å². The maximum absolute atomic E-state index is 2.22. The van der Waals surface area contributed by atoms with Crippen LogP contribution in [0.15, 0.2) is 97.1 Å². The van der Waals surface area contributed by atoms with Crippen molar-refractivity contribution in [1.82, 2.24) is 0 Å². The van der Waals surface area contributed by atoms with E-state index in [0.29, 0.717) is 5.41 Å². The van der Waals surface area contributed by atoms with Crippen LogP contribution in [0.25, 0.3) is 10.8 Å². The maximum Gasteiger partial charge on any atom is -0.0809 e. The molecule has 0 heterocycles. The van der Waals surface area contributed by atoms with Gasteiger partial charge in [-0.3, -0.25) is 0 Å². The summed E-state index contributed by atoms with van der Waals surface area (Å²) >= 11 is 1.51. The minimum Gasteiger partial charge on any atom is -1.00 e. The van der Waals surface area contributed by atoms with Gasteiger partial charge in [0.05, 0.1) is 0 Å². The Labute approximate surface area is 203 Å². The zero-order valence-corrected chi connectivity index (χ0v) is 21.5. The summed E-state index contributed by atoms with van der Waals surface area (Å²) in [4.78, 5) is 0. The van der Waals surface area contributed by atoms with E-state index in [9.17, 15) is 0 Å². The number of benzene rings is 2. The summed E-state index contributed by atoms with van der Waals surface area (Å²) in [6.45, 7) is 8.83. The first kappa shape index (κ1) is 27.7. The molecule has 4 aromatic carbocycles. The van der Waals surface area contributed by atoms with Crippen LogP contribution < -0.4 is 24.8 Å². The third kappa shape index (κ3) is 9.86. The van der Waals surface area contributed by atoms with E-state index in [4.69, 9.17) is 0 Å². The van der Waals surface area contributed by atoms with Crippen molar-refractivity contribution >= 4 is 14.0 Å². The summed E-state index contributed by atoms with van der Waals surface area (Å²) < 4.78 is 1.46. The molecule has 0 nitrogen and oxygen atoms in total.